The number of hydrogen-bond donors (Lipinski definition) is 1. The van der Waals surface area contributed by atoms with Gasteiger partial charge in [0, 0.05) is 37.1 Å². The lowest BCUT2D eigenvalue weighted by Crippen LogP contribution is -2.43. The quantitative estimate of drug-likeness (QED) is 0.915. The molecule has 1 aromatic heterocycles. The molecule has 0 saturated carbocycles. The van der Waals surface area contributed by atoms with Crippen molar-refractivity contribution in [3.63, 3.8) is 0 Å². The summed E-state index contributed by atoms with van der Waals surface area (Å²) < 4.78 is 5.82. The van der Waals surface area contributed by atoms with E-state index in [1.54, 1.807) is 12.4 Å². The van der Waals surface area contributed by atoms with Crippen LogP contribution >= 0.6 is 0 Å². The lowest BCUT2D eigenvalue weighted by atomic mass is 9.99. The van der Waals surface area contributed by atoms with E-state index in [-0.39, 0.29) is 6.03 Å². The number of hydrogen-bond acceptors (Lipinski definition) is 3. The van der Waals surface area contributed by atoms with Crippen LogP contribution in [-0.2, 0) is 0 Å². The van der Waals surface area contributed by atoms with E-state index in [1.165, 1.54) is 0 Å². The summed E-state index contributed by atoms with van der Waals surface area (Å²) in [5.41, 5.74) is 3.16. The summed E-state index contributed by atoms with van der Waals surface area (Å²) in [6.07, 6.45) is 5.53. The highest BCUT2D eigenvalue weighted by Crippen LogP contribution is 2.20. The Morgan fingerprint density at radius 2 is 1.96 bits per heavy atom. The smallest absolute Gasteiger partial charge is 0.321 e. The summed E-state index contributed by atoms with van der Waals surface area (Å²) >= 11 is 0. The lowest BCUT2D eigenvalue weighted by molar-refractivity contribution is 0.145. The van der Waals surface area contributed by atoms with Crippen molar-refractivity contribution in [2.45, 2.75) is 26.7 Å². The van der Waals surface area contributed by atoms with E-state index < -0.39 is 0 Å². The molecule has 1 atom stereocenters. The van der Waals surface area contributed by atoms with Gasteiger partial charge in [0.25, 0.3) is 0 Å². The number of pyridine rings is 1. The molecule has 1 aliphatic rings. The molecule has 1 fully saturated rings. The molecule has 5 heteroatoms. The molecule has 0 radical (unpaired) electrons. The maximum Gasteiger partial charge on any atom is 0.321 e. The standard InChI is InChI=1S/C20H25N3O2/c1-15-10-16(2)12-18(11-15)22-20(24)23-9-3-4-17(13-23)14-25-19-5-7-21-8-6-19/h5-8,10-12,17H,3-4,9,13-14H2,1-2H3,(H,22,24). The Morgan fingerprint density at radius 1 is 1.24 bits per heavy atom. The maximum atomic E-state index is 12.6. The molecule has 3 rings (SSSR count). The van der Waals surface area contributed by atoms with Gasteiger partial charge in [-0.05, 0) is 62.1 Å². The number of piperidine rings is 1. The van der Waals surface area contributed by atoms with Gasteiger partial charge in [-0.1, -0.05) is 6.07 Å². The van der Waals surface area contributed by atoms with Crippen molar-refractivity contribution in [3.05, 3.63) is 53.9 Å². The first kappa shape index (κ1) is 17.3. The largest absolute Gasteiger partial charge is 0.493 e. The molecular formula is C20H25N3O2. The van der Waals surface area contributed by atoms with E-state index in [1.807, 2.05) is 43.0 Å². The maximum absolute atomic E-state index is 12.6. The van der Waals surface area contributed by atoms with Gasteiger partial charge in [-0.25, -0.2) is 4.79 Å². The molecule has 1 N–H and O–H groups in total. The predicted molar refractivity (Wildman–Crippen MR) is 99.0 cm³/mol. The minimum atomic E-state index is -0.0291. The van der Waals surface area contributed by atoms with Crippen LogP contribution in [0, 0.1) is 19.8 Å². The second-order valence-electron chi connectivity index (χ2n) is 6.75. The van der Waals surface area contributed by atoms with E-state index in [9.17, 15) is 4.79 Å². The molecule has 2 heterocycles. The summed E-state index contributed by atoms with van der Waals surface area (Å²) in [4.78, 5) is 18.5. The first-order valence-electron chi connectivity index (χ1n) is 8.77. The monoisotopic (exact) mass is 339 g/mol. The average molecular weight is 339 g/mol. The van der Waals surface area contributed by atoms with E-state index in [4.69, 9.17) is 4.74 Å². The third kappa shape index (κ3) is 4.95. The van der Waals surface area contributed by atoms with Crippen molar-refractivity contribution in [1.29, 1.82) is 0 Å². The first-order valence-corrected chi connectivity index (χ1v) is 8.77. The van der Waals surface area contributed by atoms with Crippen LogP contribution in [0.4, 0.5) is 10.5 Å². The number of likely N-dealkylation sites (tertiary alicyclic amines) is 1. The highest BCUT2D eigenvalue weighted by Gasteiger charge is 2.24. The average Bonchev–Trinajstić information content (AvgIpc) is 2.60. The Balaban J connectivity index is 1.54. The summed E-state index contributed by atoms with van der Waals surface area (Å²) in [5, 5.41) is 3.03. The number of carbonyl (C=O) groups excluding carboxylic acids is 1. The second-order valence-corrected chi connectivity index (χ2v) is 6.75. The van der Waals surface area contributed by atoms with Crippen LogP contribution in [0.25, 0.3) is 0 Å². The van der Waals surface area contributed by atoms with Gasteiger partial charge in [0.1, 0.15) is 5.75 Å². The number of nitrogens with one attached hydrogen (secondary N) is 1. The van der Waals surface area contributed by atoms with Crippen molar-refractivity contribution in [2.24, 2.45) is 5.92 Å². The van der Waals surface area contributed by atoms with Crippen molar-refractivity contribution in [1.82, 2.24) is 9.88 Å². The van der Waals surface area contributed by atoms with Crippen molar-refractivity contribution < 1.29 is 9.53 Å². The van der Waals surface area contributed by atoms with Crippen LogP contribution in [-0.4, -0.2) is 35.6 Å². The summed E-state index contributed by atoms with van der Waals surface area (Å²) in [6.45, 7) is 6.22. The zero-order valence-electron chi connectivity index (χ0n) is 14.9. The third-order valence-corrected chi connectivity index (χ3v) is 4.41. The fourth-order valence-electron chi connectivity index (χ4n) is 3.28. The molecule has 2 amide bonds. The Kier molecular flexibility index (Phi) is 5.53. The Hall–Kier alpha value is -2.56. The zero-order valence-corrected chi connectivity index (χ0v) is 14.9. The number of aryl methyl sites for hydroxylation is 2. The molecular weight excluding hydrogens is 314 g/mol. The molecule has 25 heavy (non-hydrogen) atoms. The van der Waals surface area contributed by atoms with Gasteiger partial charge in [0.05, 0.1) is 6.61 Å². The third-order valence-electron chi connectivity index (χ3n) is 4.41. The molecule has 0 aliphatic carbocycles. The van der Waals surface area contributed by atoms with Crippen LogP contribution in [0.1, 0.15) is 24.0 Å². The van der Waals surface area contributed by atoms with Gasteiger partial charge in [0.2, 0.25) is 0 Å². The topological polar surface area (TPSA) is 54.5 Å². The first-order chi connectivity index (χ1) is 12.1. The Morgan fingerprint density at radius 3 is 2.68 bits per heavy atom. The highest BCUT2D eigenvalue weighted by atomic mass is 16.5. The van der Waals surface area contributed by atoms with Gasteiger partial charge >= 0.3 is 6.03 Å². The van der Waals surface area contributed by atoms with Gasteiger partial charge < -0.3 is 15.0 Å². The summed E-state index contributed by atoms with van der Waals surface area (Å²) in [7, 11) is 0. The van der Waals surface area contributed by atoms with E-state index in [0.29, 0.717) is 12.5 Å². The van der Waals surface area contributed by atoms with Crippen LogP contribution < -0.4 is 10.1 Å². The number of ether oxygens (including phenoxy) is 1. The van der Waals surface area contributed by atoms with Gasteiger partial charge in [-0.3, -0.25) is 4.98 Å². The van der Waals surface area contributed by atoms with Crippen LogP contribution in [0.5, 0.6) is 5.75 Å². The SMILES string of the molecule is Cc1cc(C)cc(NC(=O)N2CCCC(COc3ccncc3)C2)c1. The number of urea groups is 1. The van der Waals surface area contributed by atoms with Crippen molar-refractivity contribution in [2.75, 3.05) is 25.0 Å². The van der Waals surface area contributed by atoms with Crippen molar-refractivity contribution >= 4 is 11.7 Å². The predicted octanol–water partition coefficient (Wildman–Crippen LogP) is 4.02. The number of anilines is 1. The number of carbonyl (C=O) groups is 1. The molecule has 132 valence electrons. The van der Waals surface area contributed by atoms with Crippen LogP contribution in [0.15, 0.2) is 42.7 Å². The van der Waals surface area contributed by atoms with Gasteiger partial charge in [-0.2, -0.15) is 0 Å². The van der Waals surface area contributed by atoms with Crippen LogP contribution in [0.3, 0.4) is 0 Å². The minimum absolute atomic E-state index is 0.0291. The van der Waals surface area contributed by atoms with Gasteiger partial charge in [0.15, 0.2) is 0 Å². The number of benzene rings is 1. The molecule has 1 saturated heterocycles. The minimum Gasteiger partial charge on any atom is -0.493 e. The van der Waals surface area contributed by atoms with E-state index in [0.717, 1.165) is 48.5 Å². The molecule has 1 unspecified atom stereocenters. The molecule has 1 aromatic carbocycles. The fourth-order valence-corrected chi connectivity index (χ4v) is 3.28. The van der Waals surface area contributed by atoms with E-state index >= 15 is 0 Å². The molecule has 5 nitrogen and oxygen atoms in total. The van der Waals surface area contributed by atoms with Crippen molar-refractivity contribution in [3.8, 4) is 5.75 Å². The molecule has 0 bridgehead atoms. The number of rotatable bonds is 4. The zero-order chi connectivity index (χ0) is 17.6. The number of aromatic nitrogens is 1. The molecule has 0 spiro atoms. The van der Waals surface area contributed by atoms with Crippen LogP contribution in [0.2, 0.25) is 0 Å². The Bertz CT molecular complexity index is 698. The summed E-state index contributed by atoms with van der Waals surface area (Å²) in [5.74, 6) is 1.18. The number of nitrogens with zero attached hydrogens (tertiary/aromatic N) is 2. The summed E-state index contributed by atoms with van der Waals surface area (Å²) in [6, 6.07) is 9.78. The van der Waals surface area contributed by atoms with E-state index in [2.05, 4.69) is 16.4 Å². The Labute approximate surface area is 149 Å². The normalized spacial score (nSPS) is 17.2. The number of amides is 2. The fraction of sp³-hybridized carbons (Fsp3) is 0.400. The second kappa shape index (κ2) is 8.01. The highest BCUT2D eigenvalue weighted by molar-refractivity contribution is 5.89. The molecule has 1 aliphatic heterocycles. The lowest BCUT2D eigenvalue weighted by Gasteiger charge is -2.32. The van der Waals surface area contributed by atoms with Gasteiger partial charge in [-0.15, -0.1) is 0 Å². The molecule has 2 aromatic rings.